The van der Waals surface area contributed by atoms with Crippen molar-refractivity contribution in [2.24, 2.45) is 0 Å². The summed E-state index contributed by atoms with van der Waals surface area (Å²) < 4.78 is 7.13. The molecule has 0 spiro atoms. The lowest BCUT2D eigenvalue weighted by Gasteiger charge is -2.43. The molecule has 2 aliphatic rings. The SMILES string of the molecule is CCc1cccc(N2C(=O)c3cc(-c4ccco4)nn3C[C@]2(C)C(=O)NC2CCCC2)c1. The number of nitrogens with one attached hydrogen (secondary N) is 1. The van der Waals surface area contributed by atoms with Crippen molar-refractivity contribution in [1.82, 2.24) is 15.1 Å². The summed E-state index contributed by atoms with van der Waals surface area (Å²) >= 11 is 0. The molecule has 32 heavy (non-hydrogen) atoms. The monoisotopic (exact) mass is 432 g/mol. The number of hydrogen-bond donors (Lipinski definition) is 1. The lowest BCUT2D eigenvalue weighted by Crippen LogP contribution is -2.65. The smallest absolute Gasteiger partial charge is 0.277 e. The second kappa shape index (κ2) is 7.97. The van der Waals surface area contributed by atoms with E-state index in [0.717, 1.165) is 43.4 Å². The molecule has 0 unspecified atom stereocenters. The number of fused-ring (bicyclic) bond motifs is 1. The van der Waals surface area contributed by atoms with E-state index < -0.39 is 5.54 Å². The highest BCUT2D eigenvalue weighted by atomic mass is 16.3. The zero-order valence-electron chi connectivity index (χ0n) is 18.5. The zero-order chi connectivity index (χ0) is 22.3. The maximum Gasteiger partial charge on any atom is 0.277 e. The van der Waals surface area contributed by atoms with Gasteiger partial charge in [0, 0.05) is 17.8 Å². The topological polar surface area (TPSA) is 80.4 Å². The van der Waals surface area contributed by atoms with Crippen molar-refractivity contribution in [2.45, 2.75) is 64.1 Å². The Kier molecular flexibility index (Phi) is 5.12. The number of nitrogens with zero attached hydrogens (tertiary/aromatic N) is 3. The summed E-state index contributed by atoms with van der Waals surface area (Å²) in [7, 11) is 0. The Morgan fingerprint density at radius 2 is 2.03 bits per heavy atom. The van der Waals surface area contributed by atoms with Gasteiger partial charge in [-0.05, 0) is 56.0 Å². The van der Waals surface area contributed by atoms with Gasteiger partial charge in [-0.1, -0.05) is 31.9 Å². The fourth-order valence-corrected chi connectivity index (χ4v) is 4.86. The molecular weight excluding hydrogens is 404 g/mol. The summed E-state index contributed by atoms with van der Waals surface area (Å²) in [5.41, 5.74) is 1.77. The Morgan fingerprint density at radius 1 is 1.22 bits per heavy atom. The van der Waals surface area contributed by atoms with Crippen LogP contribution >= 0.6 is 0 Å². The third kappa shape index (κ3) is 3.42. The van der Waals surface area contributed by atoms with Crippen molar-refractivity contribution in [2.75, 3.05) is 4.90 Å². The quantitative estimate of drug-likeness (QED) is 0.656. The van der Waals surface area contributed by atoms with Crippen LogP contribution in [0.4, 0.5) is 5.69 Å². The normalized spacial score (nSPS) is 21.1. The van der Waals surface area contributed by atoms with Crippen molar-refractivity contribution >= 4 is 17.5 Å². The summed E-state index contributed by atoms with van der Waals surface area (Å²) in [6, 6.07) is 13.4. The number of aromatic nitrogens is 2. The molecule has 0 bridgehead atoms. The summed E-state index contributed by atoms with van der Waals surface area (Å²) in [6.07, 6.45) is 6.64. The highest BCUT2D eigenvalue weighted by molar-refractivity contribution is 6.12. The number of anilines is 1. The number of hydrogen-bond acceptors (Lipinski definition) is 4. The maximum atomic E-state index is 13.8. The average molecular weight is 433 g/mol. The fourth-order valence-electron chi connectivity index (χ4n) is 4.86. The van der Waals surface area contributed by atoms with Gasteiger partial charge < -0.3 is 9.73 Å². The van der Waals surface area contributed by atoms with Gasteiger partial charge >= 0.3 is 0 Å². The molecule has 0 radical (unpaired) electrons. The summed E-state index contributed by atoms with van der Waals surface area (Å²) in [6.45, 7) is 4.18. The number of carbonyl (C=O) groups excluding carboxylic acids is 2. The van der Waals surface area contributed by atoms with Crippen LogP contribution in [-0.2, 0) is 17.8 Å². The highest BCUT2D eigenvalue weighted by Crippen LogP contribution is 2.35. The van der Waals surface area contributed by atoms with Crippen molar-refractivity contribution in [3.05, 3.63) is 60.0 Å². The van der Waals surface area contributed by atoms with Gasteiger partial charge in [-0.25, -0.2) is 0 Å². The second-order valence-corrected chi connectivity index (χ2v) is 8.94. The molecule has 7 nitrogen and oxygen atoms in total. The highest BCUT2D eigenvalue weighted by Gasteiger charge is 2.49. The van der Waals surface area contributed by atoms with Crippen LogP contribution < -0.4 is 10.2 Å². The first-order valence-corrected chi connectivity index (χ1v) is 11.4. The van der Waals surface area contributed by atoms with Crippen LogP contribution in [0.3, 0.4) is 0 Å². The first-order chi connectivity index (χ1) is 15.5. The van der Waals surface area contributed by atoms with E-state index in [1.807, 2.05) is 37.3 Å². The van der Waals surface area contributed by atoms with E-state index in [4.69, 9.17) is 4.42 Å². The van der Waals surface area contributed by atoms with Crippen LogP contribution in [0.25, 0.3) is 11.5 Å². The molecule has 1 saturated carbocycles. The average Bonchev–Trinajstić information content (AvgIpc) is 3.55. The van der Waals surface area contributed by atoms with Gasteiger partial charge in [0.1, 0.15) is 16.9 Å². The van der Waals surface area contributed by atoms with Gasteiger partial charge in [0.2, 0.25) is 5.91 Å². The number of carbonyl (C=O) groups is 2. The van der Waals surface area contributed by atoms with Crippen LogP contribution in [-0.4, -0.2) is 33.2 Å². The molecule has 2 amide bonds. The minimum atomic E-state index is -1.11. The largest absolute Gasteiger partial charge is 0.463 e. The molecule has 3 heterocycles. The Labute approximate surface area is 187 Å². The fraction of sp³-hybridized carbons (Fsp3) is 0.400. The van der Waals surface area contributed by atoms with Crippen molar-refractivity contribution < 1.29 is 14.0 Å². The number of rotatable bonds is 5. The van der Waals surface area contributed by atoms with Crippen LogP contribution in [0.5, 0.6) is 0 Å². The molecule has 166 valence electrons. The van der Waals surface area contributed by atoms with Crippen LogP contribution in [0.15, 0.2) is 53.1 Å². The standard InChI is InChI=1S/C25H28N4O3/c1-3-17-8-6-11-19(14-17)29-23(30)21-15-20(22-12-7-13-32-22)27-28(21)16-25(29,2)24(31)26-18-9-4-5-10-18/h6-8,11-15,18H,3-5,9-10,16H2,1-2H3,(H,26,31)/t25-/m1/s1. The molecule has 7 heteroatoms. The second-order valence-electron chi connectivity index (χ2n) is 8.94. The first-order valence-electron chi connectivity index (χ1n) is 11.4. The molecule has 3 aromatic rings. The van der Waals surface area contributed by atoms with E-state index in [1.54, 1.807) is 28.0 Å². The maximum absolute atomic E-state index is 13.8. The molecule has 1 fully saturated rings. The van der Waals surface area contributed by atoms with E-state index >= 15 is 0 Å². The molecule has 1 aliphatic heterocycles. The molecule has 0 saturated heterocycles. The Balaban J connectivity index is 1.59. The predicted molar refractivity (Wildman–Crippen MR) is 121 cm³/mol. The summed E-state index contributed by atoms with van der Waals surface area (Å²) in [5.74, 6) is 0.218. The van der Waals surface area contributed by atoms with E-state index in [-0.39, 0.29) is 24.4 Å². The Bertz CT molecular complexity index is 1140. The summed E-state index contributed by atoms with van der Waals surface area (Å²) in [5, 5.41) is 7.82. The van der Waals surface area contributed by atoms with Gasteiger partial charge in [0.05, 0.1) is 12.8 Å². The molecule has 1 aromatic carbocycles. The van der Waals surface area contributed by atoms with Crippen molar-refractivity contribution in [3.63, 3.8) is 0 Å². The summed E-state index contributed by atoms with van der Waals surface area (Å²) in [4.78, 5) is 29.1. The third-order valence-electron chi connectivity index (χ3n) is 6.68. The van der Waals surface area contributed by atoms with Gasteiger partial charge in [-0.3, -0.25) is 19.2 Å². The zero-order valence-corrected chi connectivity index (χ0v) is 18.5. The third-order valence-corrected chi connectivity index (χ3v) is 6.68. The lowest BCUT2D eigenvalue weighted by atomic mass is 9.93. The van der Waals surface area contributed by atoms with Crippen LogP contribution in [0, 0.1) is 0 Å². The van der Waals surface area contributed by atoms with E-state index in [0.29, 0.717) is 17.1 Å². The Morgan fingerprint density at radius 3 is 2.75 bits per heavy atom. The molecular formula is C25H28N4O3. The molecule has 5 rings (SSSR count). The van der Waals surface area contributed by atoms with Crippen molar-refractivity contribution in [1.29, 1.82) is 0 Å². The number of furan rings is 1. The van der Waals surface area contributed by atoms with Gasteiger partial charge in [0.15, 0.2) is 5.76 Å². The number of amides is 2. The minimum Gasteiger partial charge on any atom is -0.463 e. The molecule has 2 aromatic heterocycles. The lowest BCUT2D eigenvalue weighted by molar-refractivity contribution is -0.127. The molecule has 1 aliphatic carbocycles. The van der Waals surface area contributed by atoms with E-state index in [9.17, 15) is 9.59 Å². The predicted octanol–water partition coefficient (Wildman–Crippen LogP) is 4.18. The van der Waals surface area contributed by atoms with Gasteiger partial charge in [-0.15, -0.1) is 0 Å². The minimum absolute atomic E-state index is 0.139. The van der Waals surface area contributed by atoms with Gasteiger partial charge in [-0.2, -0.15) is 5.10 Å². The Hall–Kier alpha value is -3.35. The van der Waals surface area contributed by atoms with Crippen molar-refractivity contribution in [3.8, 4) is 11.5 Å². The number of benzene rings is 1. The van der Waals surface area contributed by atoms with Crippen LogP contribution in [0.1, 0.15) is 55.6 Å². The number of aryl methyl sites for hydroxylation is 1. The van der Waals surface area contributed by atoms with E-state index in [2.05, 4.69) is 17.3 Å². The molecule has 1 atom stereocenters. The van der Waals surface area contributed by atoms with Gasteiger partial charge in [0.25, 0.3) is 5.91 Å². The van der Waals surface area contributed by atoms with Crippen LogP contribution in [0.2, 0.25) is 0 Å². The van der Waals surface area contributed by atoms with E-state index in [1.165, 1.54) is 0 Å². The first kappa shape index (κ1) is 20.5. The molecule has 1 N–H and O–H groups in total.